The standard InChI is InChI=1S/C11H10F3N3O2S/c12-11(13,14)8-3-1-2-4-9(8)20(18,19)17-7-10-15-5-6-16-10/h1-6,17H,7H2,(H,15,16). The Balaban J connectivity index is 2.30. The molecule has 2 aromatic rings. The van der Waals surface area contributed by atoms with Crippen molar-refractivity contribution in [2.75, 3.05) is 0 Å². The average Bonchev–Trinajstić information content (AvgIpc) is 2.89. The van der Waals surface area contributed by atoms with Gasteiger partial charge in [-0.2, -0.15) is 13.2 Å². The third-order valence-electron chi connectivity index (χ3n) is 2.47. The molecule has 0 aliphatic carbocycles. The van der Waals surface area contributed by atoms with Crippen molar-refractivity contribution < 1.29 is 21.6 Å². The number of aromatic nitrogens is 2. The molecule has 0 atom stereocenters. The summed E-state index contributed by atoms with van der Waals surface area (Å²) in [6.45, 7) is -0.221. The molecule has 0 saturated heterocycles. The van der Waals surface area contributed by atoms with Crippen molar-refractivity contribution in [3.05, 3.63) is 48.0 Å². The molecule has 1 aromatic carbocycles. The molecule has 108 valence electrons. The van der Waals surface area contributed by atoms with Crippen LogP contribution in [0.2, 0.25) is 0 Å². The molecule has 0 saturated carbocycles. The fourth-order valence-corrected chi connectivity index (χ4v) is 2.78. The molecule has 0 fully saturated rings. The number of H-pyrrole nitrogens is 1. The summed E-state index contributed by atoms with van der Waals surface area (Å²) in [7, 11) is -4.28. The first-order valence-corrected chi connectivity index (χ1v) is 6.93. The molecule has 5 nitrogen and oxygen atoms in total. The Labute approximate surface area is 112 Å². The smallest absolute Gasteiger partial charge is 0.347 e. The van der Waals surface area contributed by atoms with E-state index in [2.05, 4.69) is 14.7 Å². The Morgan fingerprint density at radius 3 is 2.55 bits per heavy atom. The first-order valence-electron chi connectivity index (χ1n) is 5.45. The van der Waals surface area contributed by atoms with Crippen LogP contribution in [0.5, 0.6) is 0 Å². The summed E-state index contributed by atoms with van der Waals surface area (Å²) >= 11 is 0. The first kappa shape index (κ1) is 14.5. The average molecular weight is 305 g/mol. The molecule has 20 heavy (non-hydrogen) atoms. The molecule has 1 aromatic heterocycles. The van der Waals surface area contributed by atoms with Gasteiger partial charge in [-0.05, 0) is 12.1 Å². The molecule has 0 amide bonds. The zero-order valence-electron chi connectivity index (χ0n) is 9.98. The number of halogens is 3. The highest BCUT2D eigenvalue weighted by atomic mass is 32.2. The molecular weight excluding hydrogens is 295 g/mol. The summed E-state index contributed by atoms with van der Waals surface area (Å²) in [5, 5.41) is 0. The minimum atomic E-state index is -4.74. The van der Waals surface area contributed by atoms with Gasteiger partial charge in [-0.1, -0.05) is 12.1 Å². The van der Waals surface area contributed by atoms with Gasteiger partial charge in [0.25, 0.3) is 0 Å². The molecule has 0 aliphatic heterocycles. The minimum absolute atomic E-state index is 0.221. The molecular formula is C11H10F3N3O2S. The highest BCUT2D eigenvalue weighted by Gasteiger charge is 2.36. The topological polar surface area (TPSA) is 74.8 Å². The lowest BCUT2D eigenvalue weighted by Crippen LogP contribution is -2.26. The van der Waals surface area contributed by atoms with Gasteiger partial charge in [-0.3, -0.25) is 0 Å². The summed E-state index contributed by atoms with van der Waals surface area (Å²) in [6, 6.07) is 4.00. The van der Waals surface area contributed by atoms with Crippen LogP contribution in [0.15, 0.2) is 41.6 Å². The maximum atomic E-state index is 12.8. The van der Waals surface area contributed by atoms with Gasteiger partial charge in [0.15, 0.2) is 0 Å². The van der Waals surface area contributed by atoms with Crippen molar-refractivity contribution in [2.45, 2.75) is 17.6 Å². The third-order valence-corrected chi connectivity index (χ3v) is 3.93. The van der Waals surface area contributed by atoms with E-state index in [9.17, 15) is 21.6 Å². The highest BCUT2D eigenvalue weighted by Crippen LogP contribution is 2.33. The summed E-state index contributed by atoms with van der Waals surface area (Å²) in [4.78, 5) is 5.62. The van der Waals surface area contributed by atoms with Crippen molar-refractivity contribution in [3.8, 4) is 0 Å². The Bertz CT molecular complexity index is 681. The van der Waals surface area contributed by atoms with Crippen LogP contribution in [0.25, 0.3) is 0 Å². The fourth-order valence-electron chi connectivity index (χ4n) is 1.57. The van der Waals surface area contributed by atoms with Gasteiger partial charge >= 0.3 is 6.18 Å². The largest absolute Gasteiger partial charge is 0.417 e. The van der Waals surface area contributed by atoms with Gasteiger partial charge in [0.1, 0.15) is 5.82 Å². The van der Waals surface area contributed by atoms with E-state index in [4.69, 9.17) is 0 Å². The fraction of sp³-hybridized carbons (Fsp3) is 0.182. The van der Waals surface area contributed by atoms with E-state index in [1.165, 1.54) is 18.5 Å². The zero-order valence-corrected chi connectivity index (χ0v) is 10.8. The van der Waals surface area contributed by atoms with Crippen LogP contribution < -0.4 is 4.72 Å². The van der Waals surface area contributed by atoms with Crippen molar-refractivity contribution in [2.24, 2.45) is 0 Å². The lowest BCUT2D eigenvalue weighted by atomic mass is 10.2. The molecule has 0 aliphatic rings. The third kappa shape index (κ3) is 3.17. The number of rotatable bonds is 4. The van der Waals surface area contributed by atoms with E-state index in [-0.39, 0.29) is 6.54 Å². The highest BCUT2D eigenvalue weighted by molar-refractivity contribution is 7.89. The van der Waals surface area contributed by atoms with E-state index in [1.54, 1.807) is 0 Å². The van der Waals surface area contributed by atoms with Crippen LogP contribution >= 0.6 is 0 Å². The van der Waals surface area contributed by atoms with Gasteiger partial charge < -0.3 is 4.98 Å². The lowest BCUT2D eigenvalue weighted by Gasteiger charge is -2.13. The second kappa shape index (κ2) is 5.25. The maximum absolute atomic E-state index is 12.8. The second-order valence-electron chi connectivity index (χ2n) is 3.85. The predicted octanol–water partition coefficient (Wildman–Crippen LogP) is 1.91. The van der Waals surface area contributed by atoms with Crippen LogP contribution in [0.4, 0.5) is 13.2 Å². The van der Waals surface area contributed by atoms with Gasteiger partial charge in [0, 0.05) is 12.4 Å². The van der Waals surface area contributed by atoms with E-state index < -0.39 is 26.7 Å². The van der Waals surface area contributed by atoms with Gasteiger partial charge in [0.05, 0.1) is 17.0 Å². The number of hydrogen-bond donors (Lipinski definition) is 2. The van der Waals surface area contributed by atoms with Crippen molar-refractivity contribution in [1.82, 2.24) is 14.7 Å². The van der Waals surface area contributed by atoms with Crippen LogP contribution in [-0.4, -0.2) is 18.4 Å². The van der Waals surface area contributed by atoms with Gasteiger partial charge in [-0.25, -0.2) is 18.1 Å². The van der Waals surface area contributed by atoms with E-state index >= 15 is 0 Å². The molecule has 2 rings (SSSR count). The second-order valence-corrected chi connectivity index (χ2v) is 5.59. The predicted molar refractivity (Wildman–Crippen MR) is 64.1 cm³/mol. The van der Waals surface area contributed by atoms with Crippen LogP contribution in [0.3, 0.4) is 0 Å². The van der Waals surface area contributed by atoms with Crippen LogP contribution in [-0.2, 0) is 22.7 Å². The number of nitrogens with one attached hydrogen (secondary N) is 2. The summed E-state index contributed by atoms with van der Waals surface area (Å²) in [5.41, 5.74) is -1.20. The minimum Gasteiger partial charge on any atom is -0.347 e. The van der Waals surface area contributed by atoms with Crippen LogP contribution in [0.1, 0.15) is 11.4 Å². The molecule has 0 bridgehead atoms. The summed E-state index contributed by atoms with van der Waals surface area (Å²) in [6.07, 6.45) is -1.85. The normalized spacial score (nSPS) is 12.6. The quantitative estimate of drug-likeness (QED) is 0.906. The number of sulfonamides is 1. The molecule has 9 heteroatoms. The van der Waals surface area contributed by atoms with Crippen molar-refractivity contribution in [1.29, 1.82) is 0 Å². The molecule has 1 heterocycles. The zero-order chi connectivity index (χ0) is 14.8. The molecule has 0 spiro atoms. The molecule has 0 radical (unpaired) electrons. The van der Waals surface area contributed by atoms with E-state index in [1.807, 2.05) is 0 Å². The Morgan fingerprint density at radius 1 is 1.25 bits per heavy atom. The van der Waals surface area contributed by atoms with Gasteiger partial charge in [0.2, 0.25) is 10.0 Å². The number of nitrogens with zero attached hydrogens (tertiary/aromatic N) is 1. The Kier molecular flexibility index (Phi) is 3.82. The van der Waals surface area contributed by atoms with E-state index in [0.717, 1.165) is 18.2 Å². The van der Waals surface area contributed by atoms with Crippen molar-refractivity contribution in [3.63, 3.8) is 0 Å². The number of imidazole rings is 1. The first-order chi connectivity index (χ1) is 9.31. The Morgan fingerprint density at radius 2 is 1.95 bits per heavy atom. The summed E-state index contributed by atoms with van der Waals surface area (Å²) < 4.78 is 64.3. The Hall–Kier alpha value is -1.87. The maximum Gasteiger partial charge on any atom is 0.417 e. The monoisotopic (exact) mass is 305 g/mol. The SMILES string of the molecule is O=S(=O)(NCc1ncc[nH]1)c1ccccc1C(F)(F)F. The number of aromatic amines is 1. The van der Waals surface area contributed by atoms with Crippen molar-refractivity contribution >= 4 is 10.0 Å². The molecule has 0 unspecified atom stereocenters. The van der Waals surface area contributed by atoms with Crippen LogP contribution in [0, 0.1) is 0 Å². The number of hydrogen-bond acceptors (Lipinski definition) is 3. The van der Waals surface area contributed by atoms with E-state index in [0.29, 0.717) is 5.82 Å². The molecule has 2 N–H and O–H groups in total. The number of alkyl halides is 3. The van der Waals surface area contributed by atoms with Gasteiger partial charge in [-0.15, -0.1) is 0 Å². The summed E-state index contributed by atoms with van der Waals surface area (Å²) in [5.74, 6) is 0.304. The number of benzene rings is 1. The lowest BCUT2D eigenvalue weighted by molar-refractivity contribution is -0.139.